The molecule has 0 aromatic rings. The molecule has 0 radical (unpaired) electrons. The van der Waals surface area contributed by atoms with E-state index in [1.807, 2.05) is 14.1 Å². The zero-order valence-electron chi connectivity index (χ0n) is 32.1. The number of allylic oxidation sites excluding steroid dienone is 8. The SMILES string of the molecule is CCCCCC=CCC=CCCCCCCCC(=O)OC(CCCCCCCC=CCC=CCCCCC)CC(=O)OCCCN(C)C. The number of nitrogens with zero attached hydrogens (tertiary/aromatic N) is 1. The number of carbonyl (C=O) groups excluding carboxylic acids is 2. The van der Waals surface area contributed by atoms with Crippen LogP contribution in [-0.2, 0) is 19.1 Å². The van der Waals surface area contributed by atoms with Crippen LogP contribution in [0.3, 0.4) is 0 Å². The summed E-state index contributed by atoms with van der Waals surface area (Å²) in [5.74, 6) is -0.431. The van der Waals surface area contributed by atoms with Crippen LogP contribution in [-0.4, -0.2) is 50.2 Å². The molecule has 1 unspecified atom stereocenters. The Morgan fingerprint density at radius 1 is 0.542 bits per heavy atom. The molecule has 0 aromatic carbocycles. The van der Waals surface area contributed by atoms with Gasteiger partial charge in [0.2, 0.25) is 0 Å². The molecule has 0 bridgehead atoms. The van der Waals surface area contributed by atoms with Gasteiger partial charge in [-0.2, -0.15) is 0 Å². The third kappa shape index (κ3) is 36.7. The zero-order valence-corrected chi connectivity index (χ0v) is 32.1. The highest BCUT2D eigenvalue weighted by Gasteiger charge is 2.19. The first kappa shape index (κ1) is 45.9. The van der Waals surface area contributed by atoms with E-state index >= 15 is 0 Å². The molecule has 5 nitrogen and oxygen atoms in total. The second kappa shape index (κ2) is 37.7. The number of unbranched alkanes of at least 4 members (excludes halogenated alkanes) is 16. The van der Waals surface area contributed by atoms with E-state index in [-0.39, 0.29) is 24.5 Å². The summed E-state index contributed by atoms with van der Waals surface area (Å²) in [5, 5.41) is 0. The molecule has 0 amide bonds. The Balaban J connectivity index is 4.20. The Hall–Kier alpha value is -2.14. The van der Waals surface area contributed by atoms with Crippen LogP contribution in [0, 0.1) is 0 Å². The van der Waals surface area contributed by atoms with Crippen LogP contribution in [0.2, 0.25) is 0 Å². The summed E-state index contributed by atoms with van der Waals surface area (Å²) in [5.41, 5.74) is 0. The molecule has 48 heavy (non-hydrogen) atoms. The van der Waals surface area contributed by atoms with Gasteiger partial charge in [-0.15, -0.1) is 0 Å². The number of carbonyl (C=O) groups is 2. The van der Waals surface area contributed by atoms with Gasteiger partial charge in [0.15, 0.2) is 0 Å². The lowest BCUT2D eigenvalue weighted by atomic mass is 10.0. The molecule has 0 fully saturated rings. The molecule has 0 aliphatic carbocycles. The number of rotatable bonds is 35. The minimum atomic E-state index is -0.380. The second-order valence-corrected chi connectivity index (χ2v) is 13.7. The molecule has 0 aliphatic heterocycles. The van der Waals surface area contributed by atoms with Crippen LogP contribution >= 0.6 is 0 Å². The van der Waals surface area contributed by atoms with Gasteiger partial charge < -0.3 is 14.4 Å². The van der Waals surface area contributed by atoms with Gasteiger partial charge in [-0.25, -0.2) is 0 Å². The van der Waals surface area contributed by atoms with Crippen molar-refractivity contribution in [1.82, 2.24) is 4.90 Å². The molecular weight excluding hydrogens is 594 g/mol. The first-order valence-electron chi connectivity index (χ1n) is 20.1. The second-order valence-electron chi connectivity index (χ2n) is 13.7. The summed E-state index contributed by atoms with van der Waals surface area (Å²) in [4.78, 5) is 27.2. The normalized spacial score (nSPS) is 12.8. The van der Waals surface area contributed by atoms with Crippen LogP contribution in [0.25, 0.3) is 0 Å². The van der Waals surface area contributed by atoms with Crippen LogP contribution in [0.1, 0.15) is 181 Å². The fraction of sp³-hybridized carbons (Fsp3) is 0.767. The van der Waals surface area contributed by atoms with Crippen molar-refractivity contribution < 1.29 is 19.1 Å². The van der Waals surface area contributed by atoms with Crippen LogP contribution in [0.4, 0.5) is 0 Å². The fourth-order valence-electron chi connectivity index (χ4n) is 5.52. The van der Waals surface area contributed by atoms with Gasteiger partial charge in [0, 0.05) is 13.0 Å². The van der Waals surface area contributed by atoms with E-state index in [2.05, 4.69) is 67.4 Å². The Morgan fingerprint density at radius 3 is 1.50 bits per heavy atom. The molecule has 0 heterocycles. The molecule has 0 saturated heterocycles. The maximum atomic E-state index is 12.7. The molecule has 0 N–H and O–H groups in total. The topological polar surface area (TPSA) is 55.8 Å². The van der Waals surface area contributed by atoms with E-state index in [1.54, 1.807) is 0 Å². The standard InChI is InChI=1S/C43H77NO4/c1-5-7-9-11-13-15-17-19-21-23-25-27-29-31-33-36-41(40-43(46)47-39-35-38-44(3)4)48-42(45)37-34-32-30-28-26-24-22-20-18-16-14-12-10-8-6-2/h13-16,19-22,41H,5-12,17-18,23-40H2,1-4H3. The van der Waals surface area contributed by atoms with E-state index in [1.165, 1.54) is 83.5 Å². The van der Waals surface area contributed by atoms with Crippen molar-refractivity contribution >= 4 is 11.9 Å². The molecule has 0 rings (SSSR count). The Kier molecular flexibility index (Phi) is 36.0. The summed E-state index contributed by atoms with van der Waals surface area (Å²) < 4.78 is 11.3. The Morgan fingerprint density at radius 2 is 1.00 bits per heavy atom. The number of ether oxygens (including phenoxy) is 2. The van der Waals surface area contributed by atoms with Crippen LogP contribution in [0.15, 0.2) is 48.6 Å². The van der Waals surface area contributed by atoms with E-state index in [4.69, 9.17) is 9.47 Å². The molecule has 0 aromatic heterocycles. The van der Waals surface area contributed by atoms with Crippen molar-refractivity contribution in [2.45, 2.75) is 187 Å². The predicted octanol–water partition coefficient (Wildman–Crippen LogP) is 12.4. The molecule has 0 aliphatic rings. The lowest BCUT2D eigenvalue weighted by Crippen LogP contribution is -2.23. The number of esters is 2. The van der Waals surface area contributed by atoms with Crippen molar-refractivity contribution in [1.29, 1.82) is 0 Å². The van der Waals surface area contributed by atoms with E-state index in [0.29, 0.717) is 13.0 Å². The van der Waals surface area contributed by atoms with Crippen LogP contribution in [0.5, 0.6) is 0 Å². The maximum Gasteiger partial charge on any atom is 0.309 e. The highest BCUT2D eigenvalue weighted by molar-refractivity contribution is 5.72. The maximum absolute atomic E-state index is 12.7. The van der Waals surface area contributed by atoms with E-state index < -0.39 is 0 Å². The Labute approximate surface area is 298 Å². The van der Waals surface area contributed by atoms with Gasteiger partial charge in [0.05, 0.1) is 13.0 Å². The summed E-state index contributed by atoms with van der Waals surface area (Å²) in [6.07, 6.45) is 45.8. The lowest BCUT2D eigenvalue weighted by Gasteiger charge is -2.18. The zero-order chi connectivity index (χ0) is 35.2. The van der Waals surface area contributed by atoms with E-state index in [9.17, 15) is 9.59 Å². The van der Waals surface area contributed by atoms with Crippen molar-refractivity contribution in [3.05, 3.63) is 48.6 Å². The molecule has 0 spiro atoms. The van der Waals surface area contributed by atoms with Gasteiger partial charge in [-0.05, 0) is 104 Å². The monoisotopic (exact) mass is 672 g/mol. The minimum absolute atomic E-state index is 0.160. The molecular formula is C43H77NO4. The summed E-state index contributed by atoms with van der Waals surface area (Å²) >= 11 is 0. The highest BCUT2D eigenvalue weighted by Crippen LogP contribution is 2.16. The first-order chi connectivity index (χ1) is 23.5. The molecule has 5 heteroatoms. The largest absolute Gasteiger partial charge is 0.466 e. The van der Waals surface area contributed by atoms with Gasteiger partial charge in [0.25, 0.3) is 0 Å². The number of hydrogen-bond acceptors (Lipinski definition) is 5. The lowest BCUT2D eigenvalue weighted by molar-refractivity contribution is -0.155. The molecule has 278 valence electrons. The number of hydrogen-bond donors (Lipinski definition) is 0. The van der Waals surface area contributed by atoms with Gasteiger partial charge >= 0.3 is 11.9 Å². The van der Waals surface area contributed by atoms with Crippen molar-refractivity contribution in [3.63, 3.8) is 0 Å². The summed E-state index contributed by atoms with van der Waals surface area (Å²) in [6.45, 7) is 5.78. The van der Waals surface area contributed by atoms with Crippen LogP contribution < -0.4 is 0 Å². The van der Waals surface area contributed by atoms with E-state index in [0.717, 1.165) is 77.2 Å². The average Bonchev–Trinajstić information content (AvgIpc) is 3.06. The quantitative estimate of drug-likeness (QED) is 0.0381. The Bertz CT molecular complexity index is 829. The van der Waals surface area contributed by atoms with Crippen molar-refractivity contribution in [2.75, 3.05) is 27.2 Å². The first-order valence-corrected chi connectivity index (χ1v) is 20.1. The molecule has 1 atom stereocenters. The summed E-state index contributed by atoms with van der Waals surface area (Å²) in [7, 11) is 4.02. The highest BCUT2D eigenvalue weighted by atomic mass is 16.6. The fourth-order valence-corrected chi connectivity index (χ4v) is 5.52. The van der Waals surface area contributed by atoms with Gasteiger partial charge in [-0.1, -0.05) is 127 Å². The van der Waals surface area contributed by atoms with Gasteiger partial charge in [-0.3, -0.25) is 9.59 Å². The average molecular weight is 672 g/mol. The summed E-state index contributed by atoms with van der Waals surface area (Å²) in [6, 6.07) is 0. The van der Waals surface area contributed by atoms with Crippen molar-refractivity contribution in [3.8, 4) is 0 Å². The third-order valence-electron chi connectivity index (χ3n) is 8.51. The third-order valence-corrected chi connectivity index (χ3v) is 8.51. The molecule has 0 saturated carbocycles. The smallest absolute Gasteiger partial charge is 0.309 e. The minimum Gasteiger partial charge on any atom is -0.466 e. The predicted molar refractivity (Wildman–Crippen MR) is 207 cm³/mol. The van der Waals surface area contributed by atoms with Gasteiger partial charge in [0.1, 0.15) is 6.10 Å². The van der Waals surface area contributed by atoms with Crippen molar-refractivity contribution in [2.24, 2.45) is 0 Å².